The van der Waals surface area contributed by atoms with Gasteiger partial charge in [0.25, 0.3) is 10.1 Å². The van der Waals surface area contributed by atoms with Gasteiger partial charge in [0.15, 0.2) is 12.4 Å². The van der Waals surface area contributed by atoms with Crippen molar-refractivity contribution >= 4 is 22.1 Å². The van der Waals surface area contributed by atoms with Gasteiger partial charge in [-0.15, -0.1) is 0 Å². The zero-order valence-electron chi connectivity index (χ0n) is 42.1. The zero-order chi connectivity index (χ0) is 48.4. The molecular formula is C53H100O12S. The molecule has 1 fully saturated rings. The van der Waals surface area contributed by atoms with Gasteiger partial charge in [0.2, 0.25) is 0 Å². The van der Waals surface area contributed by atoms with Gasteiger partial charge in [-0.3, -0.25) is 14.1 Å². The first-order valence-corrected chi connectivity index (χ1v) is 28.9. The quantitative estimate of drug-likeness (QED) is 0.0196. The first kappa shape index (κ1) is 62.4. The molecule has 0 spiro atoms. The van der Waals surface area contributed by atoms with E-state index in [1.165, 1.54) is 167 Å². The number of allylic oxidation sites excluding steroid dienone is 2. The van der Waals surface area contributed by atoms with Crippen LogP contribution in [0, 0.1) is 0 Å². The Morgan fingerprint density at radius 3 is 1.26 bits per heavy atom. The molecular weight excluding hydrogens is 861 g/mol. The number of rotatable bonds is 47. The average molecular weight is 961 g/mol. The van der Waals surface area contributed by atoms with E-state index in [-0.39, 0.29) is 19.4 Å². The third-order valence-corrected chi connectivity index (χ3v) is 13.6. The smallest absolute Gasteiger partial charge is 0.306 e. The van der Waals surface area contributed by atoms with Crippen molar-refractivity contribution in [3.63, 3.8) is 0 Å². The van der Waals surface area contributed by atoms with E-state index in [0.29, 0.717) is 12.8 Å². The number of hydrogen-bond acceptors (Lipinski definition) is 11. The summed E-state index contributed by atoms with van der Waals surface area (Å²) < 4.78 is 54.3. The molecule has 4 N–H and O–H groups in total. The molecule has 0 aromatic rings. The largest absolute Gasteiger partial charge is 0.462 e. The predicted octanol–water partition coefficient (Wildman–Crippen LogP) is 12.6. The number of carbonyl (C=O) groups is 2. The highest BCUT2D eigenvalue weighted by Crippen LogP contribution is 2.24. The van der Waals surface area contributed by atoms with Gasteiger partial charge in [-0.25, -0.2) is 0 Å². The van der Waals surface area contributed by atoms with E-state index in [1.807, 2.05) is 0 Å². The summed E-state index contributed by atoms with van der Waals surface area (Å²) in [5.74, 6) is -1.97. The Morgan fingerprint density at radius 2 is 0.864 bits per heavy atom. The summed E-state index contributed by atoms with van der Waals surface area (Å²) in [4.78, 5) is 25.6. The lowest BCUT2D eigenvalue weighted by molar-refractivity contribution is -0.297. The molecule has 0 radical (unpaired) electrons. The Balaban J connectivity index is 2.33. The lowest BCUT2D eigenvalue weighted by Crippen LogP contribution is -2.60. The SMILES string of the molecule is CCCCCCCC/C=C\CCCCCCCCCC(=O)OC(COC(=O)CCCCCCCCCCCCCCCCCCCCCCC)COC1OC(CS(=O)(=O)O)C(O)C(O)C1O. The van der Waals surface area contributed by atoms with Crippen LogP contribution in [0.2, 0.25) is 0 Å². The first-order chi connectivity index (χ1) is 32.0. The Bertz CT molecular complexity index is 1260. The van der Waals surface area contributed by atoms with Crippen molar-refractivity contribution in [3.8, 4) is 0 Å². The van der Waals surface area contributed by atoms with Crippen LogP contribution in [0.15, 0.2) is 12.2 Å². The second kappa shape index (κ2) is 43.4. The summed E-state index contributed by atoms with van der Waals surface area (Å²) in [6.45, 7) is 3.80. The highest BCUT2D eigenvalue weighted by molar-refractivity contribution is 7.85. The van der Waals surface area contributed by atoms with Crippen LogP contribution < -0.4 is 0 Å². The molecule has 0 bridgehead atoms. The summed E-state index contributed by atoms with van der Waals surface area (Å²) in [5, 5.41) is 31.0. The van der Waals surface area contributed by atoms with E-state index < -0.39 is 71.2 Å². The lowest BCUT2D eigenvalue weighted by atomic mass is 10.00. The molecule has 12 nitrogen and oxygen atoms in total. The molecule has 13 heteroatoms. The summed E-state index contributed by atoms with van der Waals surface area (Å²) in [6, 6.07) is 0. The second-order valence-electron chi connectivity index (χ2n) is 19.3. The highest BCUT2D eigenvalue weighted by atomic mass is 32.2. The van der Waals surface area contributed by atoms with Crippen molar-refractivity contribution in [2.45, 2.75) is 295 Å². The second-order valence-corrected chi connectivity index (χ2v) is 20.8. The molecule has 0 saturated carbocycles. The van der Waals surface area contributed by atoms with E-state index in [1.54, 1.807) is 0 Å². The van der Waals surface area contributed by atoms with Crippen LogP contribution >= 0.6 is 0 Å². The number of carbonyl (C=O) groups excluding carboxylic acids is 2. The minimum atomic E-state index is -4.60. The van der Waals surface area contributed by atoms with Gasteiger partial charge in [0.05, 0.1) is 6.61 Å². The van der Waals surface area contributed by atoms with Gasteiger partial charge in [0, 0.05) is 12.8 Å². The standard InChI is InChI=1S/C53H100O12S/c1-3-5-7-9-11-13-15-17-19-21-22-23-24-26-27-29-31-33-35-37-39-41-48(54)62-43-46(44-63-53-52(58)51(57)50(56)47(65-53)45-66(59,60)61)64-49(55)42-40-38-36-34-32-30-28-25-20-18-16-14-12-10-8-6-4-2/h18,20,46-47,50-53,56-58H,3-17,19,21-45H2,1-2H3,(H,59,60,61)/b20-18-. The number of esters is 2. The Kier molecular flexibility index (Phi) is 41.0. The molecule has 0 aromatic heterocycles. The monoisotopic (exact) mass is 961 g/mol. The summed E-state index contributed by atoms with van der Waals surface area (Å²) in [7, 11) is -4.60. The van der Waals surface area contributed by atoms with Gasteiger partial charge >= 0.3 is 11.9 Å². The van der Waals surface area contributed by atoms with Gasteiger partial charge in [-0.05, 0) is 38.5 Å². The van der Waals surface area contributed by atoms with Crippen LogP contribution in [0.5, 0.6) is 0 Å². The van der Waals surface area contributed by atoms with Crippen LogP contribution in [0.25, 0.3) is 0 Å². The van der Waals surface area contributed by atoms with Gasteiger partial charge in [-0.1, -0.05) is 219 Å². The molecule has 1 rings (SSSR count). The molecule has 390 valence electrons. The minimum absolute atomic E-state index is 0.164. The van der Waals surface area contributed by atoms with Crippen LogP contribution in [0.4, 0.5) is 0 Å². The number of ether oxygens (including phenoxy) is 4. The number of hydrogen-bond donors (Lipinski definition) is 4. The molecule has 0 aliphatic carbocycles. The van der Waals surface area contributed by atoms with Crippen molar-refractivity contribution in [2.24, 2.45) is 0 Å². The van der Waals surface area contributed by atoms with E-state index in [9.17, 15) is 37.9 Å². The molecule has 1 aliphatic heterocycles. The van der Waals surface area contributed by atoms with E-state index in [2.05, 4.69) is 26.0 Å². The van der Waals surface area contributed by atoms with Crippen molar-refractivity contribution in [1.29, 1.82) is 0 Å². The van der Waals surface area contributed by atoms with E-state index >= 15 is 0 Å². The Hall–Kier alpha value is -1.61. The number of unbranched alkanes of at least 4 members (excludes halogenated alkanes) is 33. The minimum Gasteiger partial charge on any atom is -0.462 e. The molecule has 1 aliphatic rings. The topological polar surface area (TPSA) is 186 Å². The van der Waals surface area contributed by atoms with Crippen LogP contribution in [-0.2, 0) is 38.7 Å². The highest BCUT2D eigenvalue weighted by Gasteiger charge is 2.46. The van der Waals surface area contributed by atoms with E-state index in [4.69, 9.17) is 18.9 Å². The van der Waals surface area contributed by atoms with E-state index in [0.717, 1.165) is 51.4 Å². The molecule has 0 aromatic carbocycles. The van der Waals surface area contributed by atoms with Crippen molar-refractivity contribution < 1.29 is 56.8 Å². The van der Waals surface area contributed by atoms with Gasteiger partial charge in [-0.2, -0.15) is 8.42 Å². The Morgan fingerprint density at radius 1 is 0.500 bits per heavy atom. The maximum absolute atomic E-state index is 12.9. The fourth-order valence-electron chi connectivity index (χ4n) is 8.62. The molecule has 6 unspecified atom stereocenters. The van der Waals surface area contributed by atoms with Crippen molar-refractivity contribution in [1.82, 2.24) is 0 Å². The fraction of sp³-hybridized carbons (Fsp3) is 0.925. The van der Waals surface area contributed by atoms with Crippen LogP contribution in [0.1, 0.15) is 258 Å². The molecule has 1 heterocycles. The third kappa shape index (κ3) is 37.3. The normalized spacial score (nSPS) is 19.4. The number of aliphatic hydroxyl groups is 3. The molecule has 1 saturated heterocycles. The van der Waals surface area contributed by atoms with Gasteiger partial charge < -0.3 is 34.3 Å². The Labute approximate surface area is 403 Å². The fourth-order valence-corrected chi connectivity index (χ4v) is 9.31. The summed E-state index contributed by atoms with van der Waals surface area (Å²) in [5.41, 5.74) is 0. The lowest BCUT2D eigenvalue weighted by Gasteiger charge is -2.40. The van der Waals surface area contributed by atoms with Gasteiger partial charge in [0.1, 0.15) is 36.8 Å². The predicted molar refractivity (Wildman–Crippen MR) is 266 cm³/mol. The van der Waals surface area contributed by atoms with Crippen LogP contribution in [-0.4, -0.2) is 96.0 Å². The summed E-state index contributed by atoms with van der Waals surface area (Å²) >= 11 is 0. The third-order valence-electron chi connectivity index (χ3n) is 12.8. The maximum atomic E-state index is 12.9. The first-order valence-electron chi connectivity index (χ1n) is 27.2. The van der Waals surface area contributed by atoms with Crippen molar-refractivity contribution in [3.05, 3.63) is 12.2 Å². The molecule has 0 amide bonds. The van der Waals surface area contributed by atoms with Crippen LogP contribution in [0.3, 0.4) is 0 Å². The zero-order valence-corrected chi connectivity index (χ0v) is 42.9. The number of aliphatic hydroxyl groups excluding tert-OH is 3. The maximum Gasteiger partial charge on any atom is 0.306 e. The molecule has 66 heavy (non-hydrogen) atoms. The molecule has 6 atom stereocenters. The summed E-state index contributed by atoms with van der Waals surface area (Å²) in [6.07, 6.45) is 39.7. The average Bonchev–Trinajstić information content (AvgIpc) is 3.28. The van der Waals surface area contributed by atoms with Crippen molar-refractivity contribution in [2.75, 3.05) is 19.0 Å².